The molecule has 1 saturated heterocycles. The minimum absolute atomic E-state index is 0.370. The van der Waals surface area contributed by atoms with Gasteiger partial charge in [-0.15, -0.1) is 0 Å². The third-order valence-electron chi connectivity index (χ3n) is 7.26. The van der Waals surface area contributed by atoms with Crippen LogP contribution in [-0.4, -0.2) is 37.6 Å². The number of likely N-dealkylation sites (tertiary alicyclic amines) is 1. The van der Waals surface area contributed by atoms with E-state index in [1.165, 1.54) is 16.7 Å². The number of pyridine rings is 1. The summed E-state index contributed by atoms with van der Waals surface area (Å²) in [4.78, 5) is 11.7. The van der Waals surface area contributed by atoms with Crippen molar-refractivity contribution in [3.05, 3.63) is 119 Å². The average Bonchev–Trinajstić information content (AvgIpc) is 3.37. The van der Waals surface area contributed by atoms with Crippen molar-refractivity contribution in [1.82, 2.24) is 24.5 Å². The second kappa shape index (κ2) is 10.8. The Kier molecular flexibility index (Phi) is 6.92. The first-order valence-electron chi connectivity index (χ1n) is 12.9. The van der Waals surface area contributed by atoms with E-state index < -0.39 is 0 Å². The molecule has 1 aliphatic rings. The van der Waals surface area contributed by atoms with Crippen LogP contribution >= 0.6 is 15.9 Å². The molecule has 5 aromatic rings. The Morgan fingerprint density at radius 2 is 1.76 bits per heavy atom. The lowest BCUT2D eigenvalue weighted by molar-refractivity contribution is 0.297. The van der Waals surface area contributed by atoms with Crippen LogP contribution in [0.1, 0.15) is 35.6 Å². The second-order valence-electron chi connectivity index (χ2n) is 9.63. The van der Waals surface area contributed by atoms with Gasteiger partial charge in [-0.3, -0.25) is 4.98 Å². The summed E-state index contributed by atoms with van der Waals surface area (Å²) >= 11 is 3.63. The average molecular weight is 566 g/mol. The standard InChI is InChI=1S/C31H29BrN6/c1-22(26-11-5-6-12-27(26)24-9-3-2-4-10-24)37-16-13-25(14-17-37)29-18-30(34-20-23-8-7-15-33-19-23)38-31(36-29)28(32)21-35-38/h2-12,15,18-19,21,25,34H,1,13-14,16-17,20H2. The summed E-state index contributed by atoms with van der Waals surface area (Å²) in [5.41, 5.74) is 7.78. The number of hydrogen-bond donors (Lipinski definition) is 1. The molecule has 0 spiro atoms. The van der Waals surface area contributed by atoms with E-state index in [1.54, 1.807) is 12.4 Å². The molecule has 0 aliphatic carbocycles. The molecular formula is C31H29BrN6. The van der Waals surface area contributed by atoms with Crippen LogP contribution in [-0.2, 0) is 6.54 Å². The Bertz CT molecular complexity index is 1560. The predicted octanol–water partition coefficient (Wildman–Crippen LogP) is 7.02. The molecule has 6 rings (SSSR count). The maximum absolute atomic E-state index is 5.02. The van der Waals surface area contributed by atoms with E-state index in [1.807, 2.05) is 16.8 Å². The van der Waals surface area contributed by atoms with Crippen LogP contribution in [0.2, 0.25) is 0 Å². The third kappa shape index (κ3) is 4.94. The van der Waals surface area contributed by atoms with Crippen LogP contribution in [0.5, 0.6) is 0 Å². The maximum Gasteiger partial charge on any atom is 0.171 e. The number of benzene rings is 2. The molecule has 7 heteroatoms. The zero-order chi connectivity index (χ0) is 25.9. The molecule has 3 aromatic heterocycles. The van der Waals surface area contributed by atoms with Crippen molar-refractivity contribution < 1.29 is 0 Å². The summed E-state index contributed by atoms with van der Waals surface area (Å²) in [6.45, 7) is 7.08. The van der Waals surface area contributed by atoms with E-state index in [-0.39, 0.29) is 0 Å². The lowest BCUT2D eigenvalue weighted by atomic mass is 9.91. The van der Waals surface area contributed by atoms with Gasteiger partial charge in [-0.05, 0) is 51.5 Å². The highest BCUT2D eigenvalue weighted by atomic mass is 79.9. The van der Waals surface area contributed by atoms with Crippen molar-refractivity contribution in [3.63, 3.8) is 0 Å². The molecule has 1 aliphatic heterocycles. The molecule has 1 fully saturated rings. The van der Waals surface area contributed by atoms with E-state index in [4.69, 9.17) is 4.98 Å². The van der Waals surface area contributed by atoms with E-state index in [9.17, 15) is 0 Å². The zero-order valence-corrected chi connectivity index (χ0v) is 22.7. The van der Waals surface area contributed by atoms with Crippen molar-refractivity contribution in [3.8, 4) is 11.1 Å². The van der Waals surface area contributed by atoms with E-state index in [0.717, 1.165) is 58.8 Å². The normalized spacial score (nSPS) is 14.1. The molecule has 4 heterocycles. The Morgan fingerprint density at radius 3 is 2.55 bits per heavy atom. The zero-order valence-electron chi connectivity index (χ0n) is 21.1. The van der Waals surface area contributed by atoms with Crippen molar-refractivity contribution >= 4 is 33.1 Å². The number of anilines is 1. The van der Waals surface area contributed by atoms with Gasteiger partial charge in [0.1, 0.15) is 5.82 Å². The fourth-order valence-corrected chi connectivity index (χ4v) is 5.55. The summed E-state index contributed by atoms with van der Waals surface area (Å²) in [5.74, 6) is 1.30. The summed E-state index contributed by atoms with van der Waals surface area (Å²) < 4.78 is 2.76. The molecular weight excluding hydrogens is 536 g/mol. The van der Waals surface area contributed by atoms with Crippen LogP contribution < -0.4 is 5.32 Å². The molecule has 38 heavy (non-hydrogen) atoms. The summed E-state index contributed by atoms with van der Waals surface area (Å²) in [6.07, 6.45) is 7.51. The van der Waals surface area contributed by atoms with Crippen LogP contribution in [0.3, 0.4) is 0 Å². The number of nitrogens with zero attached hydrogens (tertiary/aromatic N) is 5. The second-order valence-corrected chi connectivity index (χ2v) is 10.5. The highest BCUT2D eigenvalue weighted by Crippen LogP contribution is 2.35. The van der Waals surface area contributed by atoms with Gasteiger partial charge in [0, 0.05) is 61.0 Å². The number of nitrogens with one attached hydrogen (secondary N) is 1. The molecule has 190 valence electrons. The highest BCUT2D eigenvalue weighted by Gasteiger charge is 2.25. The fourth-order valence-electron chi connectivity index (χ4n) is 5.20. The van der Waals surface area contributed by atoms with Crippen LogP contribution in [0.15, 0.2) is 102 Å². The monoisotopic (exact) mass is 564 g/mol. The van der Waals surface area contributed by atoms with E-state index in [0.29, 0.717) is 12.5 Å². The molecule has 1 N–H and O–H groups in total. The number of aromatic nitrogens is 4. The largest absolute Gasteiger partial charge is 0.371 e. The Balaban J connectivity index is 1.20. The number of hydrogen-bond acceptors (Lipinski definition) is 5. The molecule has 2 aromatic carbocycles. The molecule has 0 radical (unpaired) electrons. The summed E-state index contributed by atoms with van der Waals surface area (Å²) in [5, 5.41) is 8.07. The van der Waals surface area contributed by atoms with Crippen molar-refractivity contribution in [2.24, 2.45) is 0 Å². The number of halogens is 1. The molecule has 6 nitrogen and oxygen atoms in total. The van der Waals surface area contributed by atoms with Gasteiger partial charge in [0.2, 0.25) is 0 Å². The first kappa shape index (κ1) is 24.4. The summed E-state index contributed by atoms with van der Waals surface area (Å²) in [7, 11) is 0. The summed E-state index contributed by atoms with van der Waals surface area (Å²) in [6, 6.07) is 25.3. The van der Waals surface area contributed by atoms with Crippen molar-refractivity contribution in [1.29, 1.82) is 0 Å². The predicted molar refractivity (Wildman–Crippen MR) is 157 cm³/mol. The maximum atomic E-state index is 5.02. The fraction of sp³-hybridized carbons (Fsp3) is 0.194. The van der Waals surface area contributed by atoms with Crippen LogP contribution in [0.4, 0.5) is 5.82 Å². The van der Waals surface area contributed by atoms with Crippen LogP contribution in [0.25, 0.3) is 22.5 Å². The Morgan fingerprint density at radius 1 is 0.974 bits per heavy atom. The van der Waals surface area contributed by atoms with Gasteiger partial charge in [0.05, 0.1) is 10.7 Å². The Labute approximate surface area is 231 Å². The highest BCUT2D eigenvalue weighted by molar-refractivity contribution is 9.10. The third-order valence-corrected chi connectivity index (χ3v) is 7.82. The van der Waals surface area contributed by atoms with Crippen molar-refractivity contribution in [2.75, 3.05) is 18.4 Å². The number of rotatable bonds is 7. The first-order chi connectivity index (χ1) is 18.7. The van der Waals surface area contributed by atoms with E-state index >= 15 is 0 Å². The SMILES string of the molecule is C=C(c1ccccc1-c1ccccc1)N1CCC(c2cc(NCc3cccnc3)n3ncc(Br)c3n2)CC1. The number of fused-ring (bicyclic) bond motifs is 1. The molecule has 0 amide bonds. The lowest BCUT2D eigenvalue weighted by Gasteiger charge is -2.35. The Hall–Kier alpha value is -3.97. The van der Waals surface area contributed by atoms with Crippen LogP contribution in [0, 0.1) is 0 Å². The van der Waals surface area contributed by atoms with Gasteiger partial charge in [0.15, 0.2) is 5.65 Å². The quantitative estimate of drug-likeness (QED) is 0.230. The minimum atomic E-state index is 0.370. The van der Waals surface area contributed by atoms with Gasteiger partial charge in [-0.25, -0.2) is 4.98 Å². The molecule has 0 atom stereocenters. The topological polar surface area (TPSA) is 58.4 Å². The lowest BCUT2D eigenvalue weighted by Crippen LogP contribution is -2.32. The van der Waals surface area contributed by atoms with E-state index in [2.05, 4.69) is 110 Å². The van der Waals surface area contributed by atoms with Crippen molar-refractivity contribution in [2.45, 2.75) is 25.3 Å². The minimum Gasteiger partial charge on any atom is -0.371 e. The first-order valence-corrected chi connectivity index (χ1v) is 13.7. The number of piperidine rings is 1. The smallest absolute Gasteiger partial charge is 0.171 e. The van der Waals surface area contributed by atoms with Gasteiger partial charge >= 0.3 is 0 Å². The van der Waals surface area contributed by atoms with Gasteiger partial charge in [-0.2, -0.15) is 9.61 Å². The molecule has 0 bridgehead atoms. The molecule has 0 unspecified atom stereocenters. The van der Waals surface area contributed by atoms with Gasteiger partial charge < -0.3 is 10.2 Å². The van der Waals surface area contributed by atoms with Gasteiger partial charge in [0.25, 0.3) is 0 Å². The molecule has 0 saturated carbocycles. The van der Waals surface area contributed by atoms with Gasteiger partial charge in [-0.1, -0.05) is 67.2 Å².